The first-order valence-electron chi connectivity index (χ1n) is 5.79. The molecule has 1 aromatic heterocycles. The molecule has 0 aromatic carbocycles. The molecule has 1 saturated carbocycles. The summed E-state index contributed by atoms with van der Waals surface area (Å²) in [6.07, 6.45) is 3.57. The van der Waals surface area contributed by atoms with E-state index in [4.69, 9.17) is 0 Å². The third kappa shape index (κ3) is 3.34. The SMILES string of the molecule is Cc1cc(C(=O)NCCCNC2CC2)n[nH]1. The fraction of sp³-hybridized carbons (Fsp3) is 0.636. The molecule has 5 heteroatoms. The zero-order valence-corrected chi connectivity index (χ0v) is 9.55. The van der Waals surface area contributed by atoms with Crippen molar-refractivity contribution >= 4 is 5.91 Å². The predicted octanol–water partition coefficient (Wildman–Crippen LogP) is 0.590. The maximum Gasteiger partial charge on any atom is 0.271 e. The molecule has 0 spiro atoms. The Bertz CT molecular complexity index is 357. The van der Waals surface area contributed by atoms with Gasteiger partial charge in [0, 0.05) is 18.3 Å². The van der Waals surface area contributed by atoms with Crippen molar-refractivity contribution in [1.82, 2.24) is 20.8 Å². The van der Waals surface area contributed by atoms with Gasteiger partial charge in [-0.1, -0.05) is 0 Å². The van der Waals surface area contributed by atoms with Gasteiger partial charge in [0.15, 0.2) is 0 Å². The minimum absolute atomic E-state index is 0.101. The second-order valence-corrected chi connectivity index (χ2v) is 4.27. The van der Waals surface area contributed by atoms with Crippen molar-refractivity contribution in [2.45, 2.75) is 32.2 Å². The molecule has 1 heterocycles. The fourth-order valence-corrected chi connectivity index (χ4v) is 1.51. The van der Waals surface area contributed by atoms with Crippen LogP contribution in [0.2, 0.25) is 0 Å². The first-order valence-corrected chi connectivity index (χ1v) is 5.79. The molecule has 0 atom stereocenters. The molecular weight excluding hydrogens is 204 g/mol. The summed E-state index contributed by atoms with van der Waals surface area (Å²) in [4.78, 5) is 11.6. The Hall–Kier alpha value is -1.36. The lowest BCUT2D eigenvalue weighted by atomic mass is 10.3. The number of aromatic amines is 1. The van der Waals surface area contributed by atoms with Gasteiger partial charge in [-0.15, -0.1) is 0 Å². The summed E-state index contributed by atoms with van der Waals surface area (Å²) in [6, 6.07) is 2.49. The Labute approximate surface area is 95.0 Å². The van der Waals surface area contributed by atoms with E-state index in [1.807, 2.05) is 6.92 Å². The largest absolute Gasteiger partial charge is 0.351 e. The molecule has 1 amide bonds. The highest BCUT2D eigenvalue weighted by Crippen LogP contribution is 2.18. The van der Waals surface area contributed by atoms with E-state index in [-0.39, 0.29) is 5.91 Å². The number of nitrogens with one attached hydrogen (secondary N) is 3. The molecule has 0 radical (unpaired) electrons. The second kappa shape index (κ2) is 5.12. The van der Waals surface area contributed by atoms with Gasteiger partial charge in [0.1, 0.15) is 5.69 Å². The number of hydrogen-bond donors (Lipinski definition) is 3. The fourth-order valence-electron chi connectivity index (χ4n) is 1.51. The van der Waals surface area contributed by atoms with E-state index in [1.165, 1.54) is 12.8 Å². The molecule has 0 unspecified atom stereocenters. The zero-order valence-electron chi connectivity index (χ0n) is 9.55. The van der Waals surface area contributed by atoms with E-state index in [0.29, 0.717) is 12.2 Å². The lowest BCUT2D eigenvalue weighted by Gasteiger charge is -2.03. The lowest BCUT2D eigenvalue weighted by molar-refractivity contribution is 0.0948. The molecule has 0 bridgehead atoms. The molecule has 3 N–H and O–H groups in total. The smallest absolute Gasteiger partial charge is 0.271 e. The highest BCUT2D eigenvalue weighted by molar-refractivity contribution is 5.92. The quantitative estimate of drug-likeness (QED) is 0.617. The minimum Gasteiger partial charge on any atom is -0.351 e. The van der Waals surface area contributed by atoms with Crippen molar-refractivity contribution in [3.8, 4) is 0 Å². The average Bonchev–Trinajstić information content (AvgIpc) is 2.99. The zero-order chi connectivity index (χ0) is 11.4. The molecule has 1 fully saturated rings. The average molecular weight is 222 g/mol. The summed E-state index contributed by atoms with van der Waals surface area (Å²) >= 11 is 0. The van der Waals surface area contributed by atoms with Crippen LogP contribution in [0.5, 0.6) is 0 Å². The Balaban J connectivity index is 1.59. The molecule has 5 nitrogen and oxygen atoms in total. The van der Waals surface area contributed by atoms with Crippen LogP contribution in [0, 0.1) is 6.92 Å². The van der Waals surface area contributed by atoms with Gasteiger partial charge in [-0.25, -0.2) is 0 Å². The van der Waals surface area contributed by atoms with Gasteiger partial charge in [0.25, 0.3) is 5.91 Å². The van der Waals surface area contributed by atoms with E-state index >= 15 is 0 Å². The van der Waals surface area contributed by atoms with Gasteiger partial charge in [0.2, 0.25) is 0 Å². The van der Waals surface area contributed by atoms with E-state index in [1.54, 1.807) is 6.07 Å². The molecule has 1 aliphatic rings. The number of aryl methyl sites for hydroxylation is 1. The minimum atomic E-state index is -0.101. The van der Waals surface area contributed by atoms with Crippen molar-refractivity contribution < 1.29 is 4.79 Å². The Morgan fingerprint density at radius 2 is 2.38 bits per heavy atom. The second-order valence-electron chi connectivity index (χ2n) is 4.27. The van der Waals surface area contributed by atoms with Crippen molar-refractivity contribution in [1.29, 1.82) is 0 Å². The topological polar surface area (TPSA) is 69.8 Å². The molecule has 0 aliphatic heterocycles. The van der Waals surface area contributed by atoms with Gasteiger partial charge >= 0.3 is 0 Å². The van der Waals surface area contributed by atoms with E-state index in [2.05, 4.69) is 20.8 Å². The standard InChI is InChI=1S/C11H18N4O/c1-8-7-10(15-14-8)11(16)13-6-2-5-12-9-3-4-9/h7,9,12H,2-6H2,1H3,(H,13,16)(H,14,15). The highest BCUT2D eigenvalue weighted by Gasteiger charge is 2.19. The highest BCUT2D eigenvalue weighted by atomic mass is 16.1. The van der Waals surface area contributed by atoms with Crippen LogP contribution in [-0.4, -0.2) is 35.2 Å². The summed E-state index contributed by atoms with van der Waals surface area (Å²) in [5.41, 5.74) is 1.37. The van der Waals surface area contributed by atoms with Crippen LogP contribution in [-0.2, 0) is 0 Å². The normalized spacial score (nSPS) is 15.1. The monoisotopic (exact) mass is 222 g/mol. The van der Waals surface area contributed by atoms with Gasteiger partial charge in [-0.3, -0.25) is 9.89 Å². The van der Waals surface area contributed by atoms with Crippen molar-refractivity contribution in [2.24, 2.45) is 0 Å². The van der Waals surface area contributed by atoms with Crippen LogP contribution in [0.15, 0.2) is 6.07 Å². The van der Waals surface area contributed by atoms with Crippen LogP contribution in [0.1, 0.15) is 35.4 Å². The molecule has 1 aromatic rings. The van der Waals surface area contributed by atoms with Crippen molar-refractivity contribution in [3.63, 3.8) is 0 Å². The van der Waals surface area contributed by atoms with Gasteiger partial charge < -0.3 is 10.6 Å². The number of H-pyrrole nitrogens is 1. The number of carbonyl (C=O) groups is 1. The Morgan fingerprint density at radius 1 is 1.56 bits per heavy atom. The first-order chi connectivity index (χ1) is 7.75. The first kappa shape index (κ1) is 11.1. The molecule has 1 aliphatic carbocycles. The van der Waals surface area contributed by atoms with Crippen LogP contribution in [0.25, 0.3) is 0 Å². The maximum atomic E-state index is 11.6. The van der Waals surface area contributed by atoms with E-state index in [0.717, 1.165) is 24.7 Å². The summed E-state index contributed by atoms with van der Waals surface area (Å²) in [5, 5.41) is 12.9. The molecule has 0 saturated heterocycles. The predicted molar refractivity (Wildman–Crippen MR) is 61.3 cm³/mol. The van der Waals surface area contributed by atoms with Crippen LogP contribution in [0.4, 0.5) is 0 Å². The number of rotatable bonds is 6. The third-order valence-corrected chi connectivity index (χ3v) is 2.59. The lowest BCUT2D eigenvalue weighted by Crippen LogP contribution is -2.28. The number of nitrogens with zero attached hydrogens (tertiary/aromatic N) is 1. The van der Waals surface area contributed by atoms with E-state index < -0.39 is 0 Å². The Morgan fingerprint density at radius 3 is 3.00 bits per heavy atom. The third-order valence-electron chi connectivity index (χ3n) is 2.59. The number of hydrogen-bond acceptors (Lipinski definition) is 3. The number of aromatic nitrogens is 2. The molecular formula is C11H18N4O. The summed E-state index contributed by atoms with van der Waals surface area (Å²) < 4.78 is 0. The molecule has 16 heavy (non-hydrogen) atoms. The molecule has 88 valence electrons. The summed E-state index contributed by atoms with van der Waals surface area (Å²) in [6.45, 7) is 3.55. The van der Waals surface area contributed by atoms with Gasteiger partial charge in [0.05, 0.1) is 0 Å². The van der Waals surface area contributed by atoms with Crippen molar-refractivity contribution in [2.75, 3.05) is 13.1 Å². The number of carbonyl (C=O) groups excluding carboxylic acids is 1. The number of amides is 1. The van der Waals surface area contributed by atoms with E-state index in [9.17, 15) is 4.79 Å². The van der Waals surface area contributed by atoms with Crippen LogP contribution in [0.3, 0.4) is 0 Å². The Kier molecular flexibility index (Phi) is 3.56. The van der Waals surface area contributed by atoms with Crippen LogP contribution < -0.4 is 10.6 Å². The summed E-state index contributed by atoms with van der Waals surface area (Å²) in [7, 11) is 0. The van der Waals surface area contributed by atoms with Crippen LogP contribution >= 0.6 is 0 Å². The van der Waals surface area contributed by atoms with Gasteiger partial charge in [-0.2, -0.15) is 5.10 Å². The van der Waals surface area contributed by atoms with Gasteiger partial charge in [-0.05, 0) is 38.8 Å². The maximum absolute atomic E-state index is 11.6. The molecule has 2 rings (SSSR count). The van der Waals surface area contributed by atoms with Crippen molar-refractivity contribution in [3.05, 3.63) is 17.5 Å². The summed E-state index contributed by atoms with van der Waals surface area (Å²) in [5.74, 6) is -0.101.